The van der Waals surface area contributed by atoms with E-state index in [-0.39, 0.29) is 0 Å². The van der Waals surface area contributed by atoms with Crippen LogP contribution in [0, 0.1) is 0 Å². The third-order valence-corrected chi connectivity index (χ3v) is 15.5. The molecule has 14 rings (SSSR count). The maximum Gasteiger partial charge on any atom is 0.533 e. The number of halogens is 2. The minimum absolute atomic E-state index is 0.392. The zero-order valence-corrected chi connectivity index (χ0v) is 45.3. The number of hydrogen-bond donors (Lipinski definition) is 0. The molecule has 0 aliphatic carbocycles. The number of fused-ring (bicyclic) bond motifs is 5. The highest BCUT2D eigenvalue weighted by Gasteiger charge is 2.53. The van der Waals surface area contributed by atoms with Gasteiger partial charge in [-0.3, -0.25) is 23.7 Å². The van der Waals surface area contributed by atoms with Crippen LogP contribution in [0.4, 0.5) is 0 Å². The third-order valence-electron chi connectivity index (χ3n) is 14.1. The number of para-hydroxylation sites is 9. The van der Waals surface area contributed by atoms with Crippen molar-refractivity contribution >= 4 is 99.6 Å². The van der Waals surface area contributed by atoms with Crippen LogP contribution in [0.15, 0.2) is 234 Å². The number of hydrogen-bond acceptors (Lipinski definition) is 7. The lowest BCUT2D eigenvalue weighted by Gasteiger charge is -2.32. The van der Waals surface area contributed by atoms with Crippen molar-refractivity contribution in [1.82, 2.24) is 38.6 Å². The van der Waals surface area contributed by atoms with Gasteiger partial charge in [0.1, 0.15) is 17.4 Å². The van der Waals surface area contributed by atoms with Gasteiger partial charge in [-0.05, 0) is 153 Å². The second kappa shape index (κ2) is 20.2. The van der Waals surface area contributed by atoms with E-state index in [0.29, 0.717) is 0 Å². The van der Waals surface area contributed by atoms with Gasteiger partial charge in [0.2, 0.25) is 0 Å². The van der Waals surface area contributed by atoms with Crippen molar-refractivity contribution in [2.24, 2.45) is 0 Å². The number of nitrogens with zero attached hydrogens (tertiary/aromatic N) is 8. The Kier molecular flexibility index (Phi) is 13.0. The maximum atomic E-state index is 6.24. The molecule has 0 radical (unpaired) electrons. The summed E-state index contributed by atoms with van der Waals surface area (Å²) in [5, 5.41) is 2.16. The standard InChI is InChI=1S/C35H23N5.C19H21BN2O2.C9H5Br2N/c1-3-12-24(13-4-1)39-31-19-9-7-17-29(31)37-34(39)27-21-22-28(33-26(27)16-11-23-36-33)35-38-30-18-8-10-20-32(30)40(35)25-14-5-2-6-15-25;1-18(2)19(3,4)24-20(23-18)17-21-15-12-8-9-13-16(15)22(17)14-10-6-5-7-11-14;10-7-3-4-8(11)9-6(7)2-1-5-12-9/h1-23H;5-13H,1-4H3;1-5H. The van der Waals surface area contributed by atoms with Gasteiger partial charge in [0, 0.05) is 60.3 Å². The van der Waals surface area contributed by atoms with Gasteiger partial charge in [-0.25, -0.2) is 15.0 Å². The van der Waals surface area contributed by atoms with E-state index < -0.39 is 18.3 Å². The Balaban J connectivity index is 0.000000136. The van der Waals surface area contributed by atoms with Crippen LogP contribution in [-0.2, 0) is 9.31 Å². The van der Waals surface area contributed by atoms with Crippen LogP contribution in [0.1, 0.15) is 27.7 Å². The van der Waals surface area contributed by atoms with Crippen molar-refractivity contribution in [3.05, 3.63) is 234 Å². The number of aromatic nitrogens is 8. The Morgan fingerprint density at radius 2 is 0.789 bits per heavy atom. The van der Waals surface area contributed by atoms with E-state index in [4.69, 9.17) is 29.2 Å². The highest BCUT2D eigenvalue weighted by atomic mass is 79.9. The molecule has 6 heterocycles. The molecule has 1 saturated heterocycles. The average Bonchev–Trinajstić information content (AvgIpc) is 4.30. The van der Waals surface area contributed by atoms with E-state index in [0.717, 1.165) is 109 Å². The van der Waals surface area contributed by atoms with Gasteiger partial charge in [0.15, 0.2) is 0 Å². The molecule has 0 saturated carbocycles. The van der Waals surface area contributed by atoms with Crippen LogP contribution in [0.2, 0.25) is 0 Å². The first-order chi connectivity index (χ1) is 37.0. The predicted molar refractivity (Wildman–Crippen MR) is 316 cm³/mol. The summed E-state index contributed by atoms with van der Waals surface area (Å²) in [5.41, 5.74) is 13.1. The van der Waals surface area contributed by atoms with Gasteiger partial charge in [0.25, 0.3) is 0 Å². The highest BCUT2D eigenvalue weighted by molar-refractivity contribution is 9.11. The molecule has 1 aliphatic rings. The third kappa shape index (κ3) is 8.98. The SMILES string of the molecule is Brc1ccc(Br)c2ncccc12.CC1(C)OB(c2nc3ccccc3n2-c2ccccc2)OC1(C)C.c1ccc(-n2c(-c3ccc(-c4nc5ccccc5n4-c4ccccc4)c4ncccc34)nc3ccccc32)cc1. The van der Waals surface area contributed by atoms with E-state index >= 15 is 0 Å². The molecular formula is C63H49BBr2N8O2. The van der Waals surface area contributed by atoms with E-state index in [2.05, 4.69) is 200 Å². The van der Waals surface area contributed by atoms with Gasteiger partial charge in [-0.1, -0.05) is 119 Å². The lowest BCUT2D eigenvalue weighted by Crippen LogP contribution is -2.41. The minimum atomic E-state index is -0.498. The summed E-state index contributed by atoms with van der Waals surface area (Å²) < 4.78 is 21.2. The fourth-order valence-corrected chi connectivity index (χ4v) is 10.6. The van der Waals surface area contributed by atoms with E-state index in [1.165, 1.54) is 0 Å². The summed E-state index contributed by atoms with van der Waals surface area (Å²) in [4.78, 5) is 24.2. The second-order valence-electron chi connectivity index (χ2n) is 19.4. The first-order valence-corrected chi connectivity index (χ1v) is 26.6. The summed E-state index contributed by atoms with van der Waals surface area (Å²) in [6, 6.07) is 72.0. The van der Waals surface area contributed by atoms with E-state index in [1.54, 1.807) is 6.20 Å². The molecule has 13 aromatic rings. The number of rotatable bonds is 6. The molecule has 370 valence electrons. The van der Waals surface area contributed by atoms with Crippen LogP contribution in [0.25, 0.3) is 94.7 Å². The molecule has 0 amide bonds. The molecule has 0 N–H and O–H groups in total. The quantitative estimate of drug-likeness (QED) is 0.153. The first-order valence-electron chi connectivity index (χ1n) is 25.1. The monoisotopic (exact) mass is 1120 g/mol. The average molecular weight is 1120 g/mol. The van der Waals surface area contributed by atoms with E-state index in [1.807, 2.05) is 97.2 Å². The van der Waals surface area contributed by atoms with Crippen molar-refractivity contribution in [1.29, 1.82) is 0 Å². The summed E-state index contributed by atoms with van der Waals surface area (Å²) in [6.07, 6.45) is 3.64. The molecule has 1 aliphatic heterocycles. The number of pyridine rings is 2. The Morgan fingerprint density at radius 3 is 1.32 bits per heavy atom. The van der Waals surface area contributed by atoms with Gasteiger partial charge in [-0.15, -0.1) is 0 Å². The summed E-state index contributed by atoms with van der Waals surface area (Å²) in [6.45, 7) is 8.23. The summed E-state index contributed by atoms with van der Waals surface area (Å²) in [5.74, 6) is 1.74. The first kappa shape index (κ1) is 48.8. The molecule has 76 heavy (non-hydrogen) atoms. The molecule has 0 unspecified atom stereocenters. The lowest BCUT2D eigenvalue weighted by atomic mass is 9.88. The Bertz CT molecular complexity index is 4030. The Morgan fingerprint density at radius 1 is 0.382 bits per heavy atom. The normalized spacial score (nSPS) is 13.7. The molecule has 10 nitrogen and oxygen atoms in total. The molecule has 1 fully saturated rings. The molecule has 13 heteroatoms. The summed E-state index contributed by atoms with van der Waals surface area (Å²) in [7, 11) is -0.498. The van der Waals surface area contributed by atoms with Crippen LogP contribution in [0.3, 0.4) is 0 Å². The zero-order valence-electron chi connectivity index (χ0n) is 42.1. The van der Waals surface area contributed by atoms with Gasteiger partial charge >= 0.3 is 7.12 Å². The molecule has 0 spiro atoms. The molecule has 5 aromatic heterocycles. The smallest absolute Gasteiger partial charge is 0.397 e. The second-order valence-corrected chi connectivity index (χ2v) is 21.1. The number of benzene rings is 8. The maximum absolute atomic E-state index is 6.24. The number of imidazole rings is 3. The fourth-order valence-electron chi connectivity index (χ4n) is 9.74. The Hall–Kier alpha value is -8.07. The molecule has 0 atom stereocenters. The van der Waals surface area contributed by atoms with Crippen LogP contribution in [0.5, 0.6) is 0 Å². The molecule has 0 bridgehead atoms. The largest absolute Gasteiger partial charge is 0.533 e. The van der Waals surface area contributed by atoms with Gasteiger partial charge in [0.05, 0.1) is 55.3 Å². The highest BCUT2D eigenvalue weighted by Crippen LogP contribution is 2.40. The Labute approximate surface area is 457 Å². The van der Waals surface area contributed by atoms with Crippen molar-refractivity contribution in [2.75, 3.05) is 0 Å². The van der Waals surface area contributed by atoms with E-state index in [9.17, 15) is 0 Å². The van der Waals surface area contributed by atoms with Crippen molar-refractivity contribution in [3.63, 3.8) is 0 Å². The minimum Gasteiger partial charge on any atom is -0.397 e. The van der Waals surface area contributed by atoms with Crippen molar-refractivity contribution in [3.8, 4) is 39.8 Å². The molecule has 8 aromatic carbocycles. The predicted octanol–water partition coefficient (Wildman–Crippen LogP) is 15.3. The van der Waals surface area contributed by atoms with Crippen molar-refractivity contribution < 1.29 is 9.31 Å². The van der Waals surface area contributed by atoms with Gasteiger partial charge < -0.3 is 9.31 Å². The molecular weight excluding hydrogens is 1070 g/mol. The van der Waals surface area contributed by atoms with Crippen LogP contribution < -0.4 is 5.72 Å². The fraction of sp³-hybridized carbons (Fsp3) is 0.0952. The topological polar surface area (TPSA) is 97.7 Å². The lowest BCUT2D eigenvalue weighted by molar-refractivity contribution is 0.00578. The summed E-state index contributed by atoms with van der Waals surface area (Å²) >= 11 is 6.92. The van der Waals surface area contributed by atoms with Crippen molar-refractivity contribution in [2.45, 2.75) is 38.9 Å². The van der Waals surface area contributed by atoms with Gasteiger partial charge in [-0.2, -0.15) is 0 Å². The van der Waals surface area contributed by atoms with Crippen LogP contribution >= 0.6 is 31.9 Å². The zero-order chi connectivity index (χ0) is 52.0. The van der Waals surface area contributed by atoms with Crippen LogP contribution in [-0.4, -0.2) is 56.9 Å².